The predicted octanol–water partition coefficient (Wildman–Crippen LogP) is 2.24. The molecule has 126 valence electrons. The van der Waals surface area contributed by atoms with Crippen LogP contribution < -0.4 is 15.4 Å². The first-order valence-corrected chi connectivity index (χ1v) is 8.38. The summed E-state index contributed by atoms with van der Waals surface area (Å²) in [4.78, 5) is 16.4. The molecule has 2 heterocycles. The fourth-order valence-corrected chi connectivity index (χ4v) is 2.91. The normalized spacial score (nSPS) is 18.7. The molecule has 3 rings (SSSR count). The number of ether oxygens (including phenoxy) is 1. The van der Waals surface area contributed by atoms with Gasteiger partial charge in [-0.15, -0.1) is 0 Å². The lowest BCUT2D eigenvalue weighted by Crippen LogP contribution is -2.39. The highest BCUT2D eigenvalue weighted by atomic mass is 16.5. The third-order valence-electron chi connectivity index (χ3n) is 4.26. The number of hydrogen-bond donors (Lipinski definition) is 2. The number of para-hydroxylation sites is 1. The first-order valence-electron chi connectivity index (χ1n) is 8.38. The zero-order chi connectivity index (χ0) is 16.8. The van der Waals surface area contributed by atoms with Crippen LogP contribution in [0.15, 0.2) is 48.8 Å². The third kappa shape index (κ3) is 3.92. The molecular weight excluding hydrogens is 302 g/mol. The van der Waals surface area contributed by atoms with E-state index in [1.165, 1.54) is 0 Å². The summed E-state index contributed by atoms with van der Waals surface area (Å²) >= 11 is 0. The van der Waals surface area contributed by atoms with E-state index in [-0.39, 0.29) is 11.8 Å². The average Bonchev–Trinajstić information content (AvgIpc) is 2.96. The van der Waals surface area contributed by atoms with E-state index in [0.29, 0.717) is 6.54 Å². The van der Waals surface area contributed by atoms with Gasteiger partial charge in [0.1, 0.15) is 5.75 Å². The number of fused-ring (bicyclic) bond motifs is 1. The number of benzene rings is 1. The predicted molar refractivity (Wildman–Crippen MR) is 92.8 cm³/mol. The van der Waals surface area contributed by atoms with Gasteiger partial charge in [-0.3, -0.25) is 9.78 Å². The minimum atomic E-state index is -0.425. The molecule has 5 nitrogen and oxygen atoms in total. The highest BCUT2D eigenvalue weighted by Crippen LogP contribution is 2.37. The lowest BCUT2D eigenvalue weighted by molar-refractivity contribution is -0.127. The van der Waals surface area contributed by atoms with Crippen LogP contribution in [0.1, 0.15) is 30.4 Å². The van der Waals surface area contributed by atoms with Crippen molar-refractivity contribution in [3.05, 3.63) is 59.9 Å². The molecule has 2 atom stereocenters. The van der Waals surface area contributed by atoms with Gasteiger partial charge < -0.3 is 15.4 Å². The Labute approximate surface area is 142 Å². The number of aromatic nitrogens is 1. The van der Waals surface area contributed by atoms with E-state index in [0.717, 1.165) is 36.4 Å². The fraction of sp³-hybridized carbons (Fsp3) is 0.368. The van der Waals surface area contributed by atoms with Crippen molar-refractivity contribution in [2.45, 2.75) is 31.9 Å². The molecule has 1 aromatic heterocycles. The number of carbonyl (C=O) groups is 1. The van der Waals surface area contributed by atoms with Gasteiger partial charge in [-0.05, 0) is 30.7 Å². The number of nitrogens with one attached hydrogen (secondary N) is 2. The van der Waals surface area contributed by atoms with Gasteiger partial charge >= 0.3 is 0 Å². The van der Waals surface area contributed by atoms with Crippen molar-refractivity contribution in [3.63, 3.8) is 0 Å². The van der Waals surface area contributed by atoms with E-state index >= 15 is 0 Å². The fourth-order valence-electron chi connectivity index (χ4n) is 2.91. The van der Waals surface area contributed by atoms with Gasteiger partial charge in [0.15, 0.2) is 6.10 Å². The highest BCUT2D eigenvalue weighted by Gasteiger charge is 2.35. The molecule has 0 aliphatic carbocycles. The summed E-state index contributed by atoms with van der Waals surface area (Å²) in [5.41, 5.74) is 2.27. The molecule has 0 saturated heterocycles. The summed E-state index contributed by atoms with van der Waals surface area (Å²) in [5, 5.41) is 6.32. The van der Waals surface area contributed by atoms with Gasteiger partial charge in [-0.2, -0.15) is 0 Å². The van der Waals surface area contributed by atoms with Gasteiger partial charge in [0.05, 0.1) is 0 Å². The summed E-state index contributed by atoms with van der Waals surface area (Å²) in [6.45, 7) is 4.31. The Bertz CT molecular complexity index is 675. The Balaban J connectivity index is 1.35. The second-order valence-corrected chi connectivity index (χ2v) is 6.05. The van der Waals surface area contributed by atoms with Gasteiger partial charge in [-0.25, -0.2) is 0 Å². The van der Waals surface area contributed by atoms with Crippen molar-refractivity contribution < 1.29 is 9.53 Å². The van der Waals surface area contributed by atoms with Crippen LogP contribution in [0.3, 0.4) is 0 Å². The Morgan fingerprint density at radius 1 is 1.21 bits per heavy atom. The van der Waals surface area contributed by atoms with Crippen LogP contribution in [0.2, 0.25) is 0 Å². The summed E-state index contributed by atoms with van der Waals surface area (Å²) in [7, 11) is 0. The Morgan fingerprint density at radius 3 is 2.88 bits per heavy atom. The quantitative estimate of drug-likeness (QED) is 0.767. The monoisotopic (exact) mass is 325 g/mol. The number of carbonyl (C=O) groups excluding carboxylic acids is 1. The molecule has 2 aromatic rings. The van der Waals surface area contributed by atoms with E-state index in [2.05, 4.69) is 15.6 Å². The summed E-state index contributed by atoms with van der Waals surface area (Å²) in [5.74, 6) is 0.874. The zero-order valence-corrected chi connectivity index (χ0v) is 13.9. The molecule has 0 fully saturated rings. The molecular formula is C19H23N3O2. The van der Waals surface area contributed by atoms with Crippen LogP contribution in [0.25, 0.3) is 0 Å². The van der Waals surface area contributed by atoms with E-state index in [9.17, 15) is 4.79 Å². The largest absolute Gasteiger partial charge is 0.480 e. The van der Waals surface area contributed by atoms with Crippen molar-refractivity contribution in [2.75, 3.05) is 13.1 Å². The zero-order valence-electron chi connectivity index (χ0n) is 13.9. The maximum Gasteiger partial charge on any atom is 0.261 e. The van der Waals surface area contributed by atoms with E-state index in [1.54, 1.807) is 6.20 Å². The van der Waals surface area contributed by atoms with Crippen LogP contribution in [0.5, 0.6) is 5.75 Å². The van der Waals surface area contributed by atoms with Gasteiger partial charge in [0.2, 0.25) is 0 Å². The molecule has 2 N–H and O–H groups in total. The van der Waals surface area contributed by atoms with Crippen LogP contribution in [-0.2, 0) is 11.3 Å². The number of hydrogen-bond acceptors (Lipinski definition) is 4. The highest BCUT2D eigenvalue weighted by molar-refractivity contribution is 5.83. The molecule has 0 bridgehead atoms. The van der Waals surface area contributed by atoms with Crippen molar-refractivity contribution in [1.82, 2.24) is 15.6 Å². The first kappa shape index (κ1) is 16.5. The minimum Gasteiger partial charge on any atom is -0.480 e. The second-order valence-electron chi connectivity index (χ2n) is 6.05. The van der Waals surface area contributed by atoms with Gasteiger partial charge in [-0.1, -0.05) is 31.2 Å². The van der Waals surface area contributed by atoms with Crippen LogP contribution >= 0.6 is 0 Å². The van der Waals surface area contributed by atoms with Crippen LogP contribution in [-0.4, -0.2) is 30.1 Å². The van der Waals surface area contributed by atoms with Crippen molar-refractivity contribution in [3.8, 4) is 5.75 Å². The maximum atomic E-state index is 12.3. The molecule has 1 aliphatic rings. The standard InChI is InChI=1S/C19H23N3O2/c1-14-16-7-2-3-8-17(16)24-18(14)19(23)22-11-5-10-21-13-15-6-4-9-20-12-15/h2-4,6-9,12,14,18,21H,5,10-11,13H2,1H3,(H,22,23)/t14-,18+/m1/s1. The summed E-state index contributed by atoms with van der Waals surface area (Å²) < 4.78 is 5.78. The van der Waals surface area contributed by atoms with E-state index < -0.39 is 6.10 Å². The molecule has 1 aliphatic heterocycles. The Hall–Kier alpha value is -2.40. The van der Waals surface area contributed by atoms with Crippen LogP contribution in [0, 0.1) is 0 Å². The minimum absolute atomic E-state index is 0.0361. The van der Waals surface area contributed by atoms with Gasteiger partial charge in [0.25, 0.3) is 5.91 Å². The average molecular weight is 325 g/mol. The molecule has 24 heavy (non-hydrogen) atoms. The van der Waals surface area contributed by atoms with Crippen molar-refractivity contribution in [2.24, 2.45) is 0 Å². The molecule has 1 amide bonds. The molecule has 0 spiro atoms. The molecule has 0 saturated carbocycles. The van der Waals surface area contributed by atoms with E-state index in [4.69, 9.17) is 4.74 Å². The first-order chi connectivity index (χ1) is 11.8. The molecule has 5 heteroatoms. The third-order valence-corrected chi connectivity index (χ3v) is 4.26. The Morgan fingerprint density at radius 2 is 2.08 bits per heavy atom. The second kappa shape index (κ2) is 7.93. The van der Waals surface area contributed by atoms with Crippen molar-refractivity contribution in [1.29, 1.82) is 0 Å². The molecule has 0 radical (unpaired) electrons. The maximum absolute atomic E-state index is 12.3. The smallest absolute Gasteiger partial charge is 0.261 e. The van der Waals surface area contributed by atoms with Crippen molar-refractivity contribution >= 4 is 5.91 Å². The van der Waals surface area contributed by atoms with Gasteiger partial charge in [0, 0.05) is 37.0 Å². The summed E-state index contributed by atoms with van der Waals surface area (Å²) in [6.07, 6.45) is 4.07. The number of amides is 1. The molecule has 0 unspecified atom stereocenters. The SMILES string of the molecule is C[C@@H]1c2ccccc2O[C@@H]1C(=O)NCCCNCc1cccnc1. The number of nitrogens with zero attached hydrogens (tertiary/aromatic N) is 1. The van der Waals surface area contributed by atoms with Crippen LogP contribution in [0.4, 0.5) is 0 Å². The molecule has 1 aromatic carbocycles. The summed E-state index contributed by atoms with van der Waals surface area (Å²) in [6, 6.07) is 11.8. The number of rotatable bonds is 7. The number of pyridine rings is 1. The van der Waals surface area contributed by atoms with E-state index in [1.807, 2.05) is 49.5 Å². The Kier molecular flexibility index (Phi) is 5.43. The lowest BCUT2D eigenvalue weighted by atomic mass is 9.97. The lowest BCUT2D eigenvalue weighted by Gasteiger charge is -2.15. The topological polar surface area (TPSA) is 63.2 Å².